The van der Waals surface area contributed by atoms with Crippen LogP contribution in [0.4, 0.5) is 17.1 Å². The smallest absolute Gasteiger partial charge is 0.346 e. The van der Waals surface area contributed by atoms with Crippen LogP contribution in [0.1, 0.15) is 75.1 Å². The molecule has 7 aromatic carbocycles. The monoisotopic (exact) mass is 1050 g/mol. The number of hydrogen-bond acceptors (Lipinski definition) is 7. The highest BCUT2D eigenvalue weighted by molar-refractivity contribution is 7.14. The number of hydrogen-bond donors (Lipinski definition) is 2. The molecule has 0 saturated heterocycles. The molecule has 7 nitrogen and oxygen atoms in total. The second-order valence-corrected chi connectivity index (χ2v) is 20.3. The maximum atomic E-state index is 11.2. The van der Waals surface area contributed by atoms with E-state index in [1.165, 1.54) is 17.7 Å². The molecule has 2 aromatic heterocycles. The van der Waals surface area contributed by atoms with Crippen molar-refractivity contribution in [2.24, 2.45) is 0 Å². The fraction of sp³-hybridized carbons (Fsp3) is 0.0145. The molecule has 0 aliphatic heterocycles. The van der Waals surface area contributed by atoms with Crippen LogP contribution in [0.3, 0.4) is 0 Å². The summed E-state index contributed by atoms with van der Waals surface area (Å²) in [4.78, 5) is 29.1. The van der Waals surface area contributed by atoms with E-state index in [9.17, 15) is 9.59 Å². The van der Waals surface area contributed by atoms with Crippen molar-refractivity contribution < 1.29 is 19.8 Å². The lowest BCUT2D eigenvalue weighted by Crippen LogP contribution is -2.09. The number of carboxylic acid groups (broad SMARTS) is 2. The topological polar surface area (TPSA) is 125 Å². The first-order valence-electron chi connectivity index (χ1n) is 24.8. The van der Waals surface area contributed by atoms with Crippen molar-refractivity contribution >= 4 is 124 Å². The summed E-state index contributed by atoms with van der Waals surface area (Å²) in [6.07, 6.45) is 21.6. The zero-order valence-corrected chi connectivity index (χ0v) is 43.9. The average molecular weight is 1050 g/mol. The molecular weight excluding hydrogens is 999 g/mol. The molecule has 9 aromatic rings. The third kappa shape index (κ3) is 14.2. The molecule has 9 heteroatoms. The fourth-order valence-electron chi connectivity index (χ4n) is 8.32. The lowest BCUT2D eigenvalue weighted by atomic mass is 9.95. The molecule has 0 radical (unpaired) electrons. The van der Waals surface area contributed by atoms with Crippen molar-refractivity contribution in [3.05, 3.63) is 286 Å². The Bertz CT molecular complexity index is 3690. The number of anilines is 3. The van der Waals surface area contributed by atoms with E-state index in [1.54, 1.807) is 59.1 Å². The first-order valence-corrected chi connectivity index (χ1v) is 26.5. The molecular formula is C69H49N3O4S2. The van der Waals surface area contributed by atoms with Crippen LogP contribution >= 0.6 is 22.7 Å². The summed E-state index contributed by atoms with van der Waals surface area (Å²) in [5.74, 6) is -2.49. The van der Waals surface area contributed by atoms with Gasteiger partial charge < -0.3 is 15.1 Å². The summed E-state index contributed by atoms with van der Waals surface area (Å²) >= 11 is 3.36. The molecule has 78 heavy (non-hydrogen) atoms. The molecule has 0 aliphatic carbocycles. The fourth-order valence-corrected chi connectivity index (χ4v) is 9.95. The molecule has 2 heterocycles. The number of nitriles is 2. The highest BCUT2D eigenvalue weighted by Crippen LogP contribution is 2.36. The van der Waals surface area contributed by atoms with Gasteiger partial charge in [0.15, 0.2) is 0 Å². The second-order valence-electron chi connectivity index (χ2n) is 18.0. The van der Waals surface area contributed by atoms with Crippen LogP contribution < -0.4 is 4.90 Å². The predicted molar refractivity (Wildman–Crippen MR) is 325 cm³/mol. The summed E-state index contributed by atoms with van der Waals surface area (Å²) in [5, 5.41) is 36.5. The Balaban J connectivity index is 0.926. The van der Waals surface area contributed by atoms with Crippen LogP contribution in [0.2, 0.25) is 0 Å². The van der Waals surface area contributed by atoms with E-state index >= 15 is 0 Å². The molecule has 2 N–H and O–H groups in total. The summed E-state index contributed by atoms with van der Waals surface area (Å²) in [6, 6.07) is 71.6. The molecule has 0 bridgehead atoms. The van der Waals surface area contributed by atoms with Gasteiger partial charge in [-0.25, -0.2) is 9.59 Å². The van der Waals surface area contributed by atoms with E-state index in [2.05, 4.69) is 200 Å². The van der Waals surface area contributed by atoms with Gasteiger partial charge in [-0.15, -0.1) is 22.7 Å². The molecule has 0 spiro atoms. The van der Waals surface area contributed by atoms with E-state index in [-0.39, 0.29) is 11.1 Å². The molecule has 0 fully saturated rings. The van der Waals surface area contributed by atoms with Gasteiger partial charge in [0.1, 0.15) is 23.3 Å². The van der Waals surface area contributed by atoms with Crippen LogP contribution in [0, 0.1) is 29.6 Å². The number of carbonyl (C=O) groups is 2. The van der Waals surface area contributed by atoms with E-state index < -0.39 is 11.9 Å². The van der Waals surface area contributed by atoms with Crippen LogP contribution in [0.5, 0.6) is 0 Å². The van der Waals surface area contributed by atoms with Gasteiger partial charge >= 0.3 is 11.9 Å². The highest BCUT2D eigenvalue weighted by Gasteiger charge is 2.14. The van der Waals surface area contributed by atoms with Crippen molar-refractivity contribution in [3.63, 3.8) is 0 Å². The molecule has 0 amide bonds. The quantitative estimate of drug-likeness (QED) is 0.0498. The molecule has 0 atom stereocenters. The van der Waals surface area contributed by atoms with E-state index in [4.69, 9.17) is 20.7 Å². The van der Waals surface area contributed by atoms with Gasteiger partial charge in [0.25, 0.3) is 0 Å². The Morgan fingerprint density at radius 3 is 1.04 bits per heavy atom. The Hall–Kier alpha value is -10.2. The number of benzene rings is 7. The first kappa shape index (κ1) is 52.7. The third-order valence-electron chi connectivity index (χ3n) is 12.5. The number of nitrogens with zero attached hydrogens (tertiary/aromatic N) is 3. The number of aryl methyl sites for hydroxylation is 1. The normalized spacial score (nSPS) is 12.1. The summed E-state index contributed by atoms with van der Waals surface area (Å²) < 4.78 is 0. The molecule has 0 saturated carbocycles. The minimum atomic E-state index is -1.25. The lowest BCUT2D eigenvalue weighted by Gasteiger charge is -2.26. The van der Waals surface area contributed by atoms with Crippen molar-refractivity contribution in [1.82, 2.24) is 0 Å². The standard InChI is InChI=1S/C69H49N3O4S2/c1-48-7-27-57(28-8-48)67(56-5-3-2-4-6-56)45-55-21-33-62(34-22-55)72(60-29-17-51(18-30-60)25-37-65-41-39-63(77-65)35-23-49-9-13-53(14-10-49)43-58(46-70)68(73)74)61-31-19-52(20-32-61)26-38-66-42-40-64(78-66)36-24-50-11-15-54(16-12-50)44-59(47-71)69(75)76/h2-45H,1H3,(H,73,74)(H,75,76)/b35-23+,36-24+,37-25+,38-26+,58-43+,59-44+,67-45-. The zero-order valence-electron chi connectivity index (χ0n) is 42.3. The number of rotatable bonds is 18. The number of aliphatic carboxylic acids is 2. The minimum absolute atomic E-state index is 0.307. The van der Waals surface area contributed by atoms with E-state index in [0.29, 0.717) is 11.1 Å². The van der Waals surface area contributed by atoms with Crippen molar-refractivity contribution in [3.8, 4) is 12.1 Å². The maximum absolute atomic E-state index is 11.2. The van der Waals surface area contributed by atoms with Gasteiger partial charge in [0.05, 0.1) is 0 Å². The predicted octanol–water partition coefficient (Wildman–Crippen LogP) is 17.8. The second kappa shape index (κ2) is 25.4. The van der Waals surface area contributed by atoms with Crippen molar-refractivity contribution in [2.45, 2.75) is 6.92 Å². The van der Waals surface area contributed by atoms with Crippen LogP contribution in [-0.2, 0) is 9.59 Å². The van der Waals surface area contributed by atoms with Crippen LogP contribution in [0.25, 0.3) is 72.4 Å². The van der Waals surface area contributed by atoms with Crippen LogP contribution in [0.15, 0.2) is 211 Å². The Kier molecular flexibility index (Phi) is 17.1. The van der Waals surface area contributed by atoms with Crippen molar-refractivity contribution in [2.75, 3.05) is 4.90 Å². The number of thiophene rings is 2. The maximum Gasteiger partial charge on any atom is 0.346 e. The van der Waals surface area contributed by atoms with E-state index in [0.717, 1.165) is 81.1 Å². The summed E-state index contributed by atoms with van der Waals surface area (Å²) in [7, 11) is 0. The lowest BCUT2D eigenvalue weighted by molar-refractivity contribution is -0.133. The molecule has 0 aliphatic rings. The van der Waals surface area contributed by atoms with Gasteiger partial charge in [0, 0.05) is 36.6 Å². The molecule has 0 unspecified atom stereocenters. The Morgan fingerprint density at radius 1 is 0.385 bits per heavy atom. The van der Waals surface area contributed by atoms with Crippen LogP contribution in [-0.4, -0.2) is 22.2 Å². The third-order valence-corrected chi connectivity index (χ3v) is 14.5. The summed E-state index contributed by atoms with van der Waals surface area (Å²) in [5.41, 5.74) is 13.6. The van der Waals surface area contributed by atoms with Gasteiger partial charge in [-0.3, -0.25) is 0 Å². The van der Waals surface area contributed by atoms with Gasteiger partial charge in [0.2, 0.25) is 0 Å². The molecule has 376 valence electrons. The first-order chi connectivity index (χ1) is 38.0. The largest absolute Gasteiger partial charge is 0.477 e. The van der Waals surface area contributed by atoms with Gasteiger partial charge in [-0.05, 0) is 166 Å². The average Bonchev–Trinajstić information content (AvgIpc) is 4.16. The van der Waals surface area contributed by atoms with E-state index in [1.807, 2.05) is 42.5 Å². The Morgan fingerprint density at radius 2 is 0.692 bits per heavy atom. The minimum Gasteiger partial charge on any atom is -0.477 e. The van der Waals surface area contributed by atoms with Gasteiger partial charge in [-0.1, -0.05) is 169 Å². The summed E-state index contributed by atoms with van der Waals surface area (Å²) in [6.45, 7) is 2.11. The Labute approximate surface area is 462 Å². The van der Waals surface area contributed by atoms with Crippen molar-refractivity contribution in [1.29, 1.82) is 10.5 Å². The highest BCUT2D eigenvalue weighted by atomic mass is 32.1. The SMILES string of the molecule is Cc1ccc(/C(=C\c2ccc(N(c3ccc(/C=C/c4ccc(/C=C/c5ccc(/C=C(\C#N)C(=O)O)cc5)s4)cc3)c3ccc(/C=C/c4ccc(/C=C/c5ccc(/C=C(\C#N)C(=O)O)cc5)s4)cc3)cc2)c2ccccc2)cc1. The molecule has 9 rings (SSSR count). The van der Waals surface area contributed by atoms with Gasteiger partial charge in [-0.2, -0.15) is 10.5 Å². The zero-order chi connectivity index (χ0) is 54.2. The number of carboxylic acids is 2.